The molecule has 2 N–H and O–H groups in total. The molecule has 0 spiro atoms. The molecule has 0 amide bonds. The Morgan fingerprint density at radius 3 is 2.59 bits per heavy atom. The van der Waals surface area contributed by atoms with Crippen LogP contribution in [-0.2, 0) is 6.42 Å². The Labute approximate surface area is 99.6 Å². The molecule has 0 bridgehead atoms. The summed E-state index contributed by atoms with van der Waals surface area (Å²) < 4.78 is 9.77. The SMILES string of the molecule is CCCc1ccc(OC(=O)O)c(O)c1OCC. The largest absolute Gasteiger partial charge is 0.511 e. The highest BCUT2D eigenvalue weighted by Crippen LogP contribution is 2.39. The van der Waals surface area contributed by atoms with Crippen molar-refractivity contribution in [1.82, 2.24) is 0 Å². The first-order valence-electron chi connectivity index (χ1n) is 5.48. The van der Waals surface area contributed by atoms with Crippen LogP contribution in [0.5, 0.6) is 17.2 Å². The normalized spacial score (nSPS) is 10.0. The van der Waals surface area contributed by atoms with Crippen molar-refractivity contribution in [3.05, 3.63) is 17.7 Å². The molecule has 1 aromatic rings. The summed E-state index contributed by atoms with van der Waals surface area (Å²) in [5.41, 5.74) is 0.838. The van der Waals surface area contributed by atoms with E-state index >= 15 is 0 Å². The van der Waals surface area contributed by atoms with Crippen molar-refractivity contribution in [1.29, 1.82) is 0 Å². The molecular weight excluding hydrogens is 224 g/mol. The van der Waals surface area contributed by atoms with Crippen LogP contribution in [0.2, 0.25) is 0 Å². The van der Waals surface area contributed by atoms with E-state index in [0.717, 1.165) is 18.4 Å². The molecule has 0 saturated carbocycles. The second kappa shape index (κ2) is 5.98. The van der Waals surface area contributed by atoms with Gasteiger partial charge in [-0.3, -0.25) is 0 Å². The fourth-order valence-electron chi connectivity index (χ4n) is 1.54. The molecule has 17 heavy (non-hydrogen) atoms. The molecule has 94 valence electrons. The van der Waals surface area contributed by atoms with E-state index < -0.39 is 6.16 Å². The molecule has 0 fully saturated rings. The summed E-state index contributed by atoms with van der Waals surface area (Å²) in [5.74, 6) is -0.0749. The minimum atomic E-state index is -1.47. The minimum absolute atomic E-state index is 0.110. The van der Waals surface area contributed by atoms with Crippen LogP contribution in [0.15, 0.2) is 12.1 Å². The standard InChI is InChI=1S/C12H16O5/c1-3-5-8-6-7-9(17-12(14)15)10(13)11(8)16-4-2/h6-7,13H,3-5H2,1-2H3,(H,14,15). The number of benzene rings is 1. The molecule has 1 rings (SSSR count). The highest BCUT2D eigenvalue weighted by Gasteiger charge is 2.16. The Bertz CT molecular complexity index is 400. The number of phenols is 1. The van der Waals surface area contributed by atoms with Crippen LogP contribution in [0.1, 0.15) is 25.8 Å². The van der Waals surface area contributed by atoms with Crippen LogP contribution < -0.4 is 9.47 Å². The zero-order chi connectivity index (χ0) is 12.8. The van der Waals surface area contributed by atoms with Gasteiger partial charge in [0, 0.05) is 0 Å². The Hall–Kier alpha value is -1.91. The summed E-state index contributed by atoms with van der Waals surface area (Å²) in [6.07, 6.45) is 0.181. The number of carbonyl (C=O) groups is 1. The summed E-state index contributed by atoms with van der Waals surface area (Å²) in [6, 6.07) is 3.13. The number of aromatic hydroxyl groups is 1. The van der Waals surface area contributed by atoms with E-state index in [1.165, 1.54) is 6.07 Å². The zero-order valence-electron chi connectivity index (χ0n) is 9.90. The van der Waals surface area contributed by atoms with Gasteiger partial charge in [-0.15, -0.1) is 0 Å². The molecular formula is C12H16O5. The summed E-state index contributed by atoms with van der Waals surface area (Å²) >= 11 is 0. The molecule has 1 aromatic carbocycles. The first-order chi connectivity index (χ1) is 8.10. The predicted molar refractivity (Wildman–Crippen MR) is 61.9 cm³/mol. The van der Waals surface area contributed by atoms with E-state index in [1.807, 2.05) is 6.92 Å². The Kier molecular flexibility index (Phi) is 4.63. The van der Waals surface area contributed by atoms with Gasteiger partial charge >= 0.3 is 6.16 Å². The molecule has 0 aliphatic rings. The molecule has 0 heterocycles. The van der Waals surface area contributed by atoms with Crippen LogP contribution in [0, 0.1) is 0 Å². The molecule has 0 aromatic heterocycles. The number of ether oxygens (including phenoxy) is 2. The number of carboxylic acid groups (broad SMARTS) is 1. The second-order valence-corrected chi connectivity index (χ2v) is 3.45. The maximum absolute atomic E-state index is 10.4. The molecule has 5 nitrogen and oxygen atoms in total. The molecule has 0 aliphatic carbocycles. The van der Waals surface area contributed by atoms with E-state index in [1.54, 1.807) is 13.0 Å². The zero-order valence-corrected chi connectivity index (χ0v) is 9.90. The van der Waals surface area contributed by atoms with Crippen LogP contribution in [-0.4, -0.2) is 23.0 Å². The van der Waals surface area contributed by atoms with Crippen LogP contribution in [0.25, 0.3) is 0 Å². The van der Waals surface area contributed by atoms with E-state index in [2.05, 4.69) is 4.74 Å². The van der Waals surface area contributed by atoms with Gasteiger partial charge in [0.25, 0.3) is 0 Å². The third-order valence-electron chi connectivity index (χ3n) is 2.18. The Morgan fingerprint density at radius 2 is 2.06 bits per heavy atom. The number of hydrogen-bond acceptors (Lipinski definition) is 4. The maximum Gasteiger partial charge on any atom is 0.511 e. The highest BCUT2D eigenvalue weighted by molar-refractivity contribution is 5.65. The molecule has 0 aliphatic heterocycles. The number of hydrogen-bond donors (Lipinski definition) is 2. The summed E-state index contributed by atoms with van der Waals surface area (Å²) in [6.45, 7) is 4.19. The summed E-state index contributed by atoms with van der Waals surface area (Å²) in [7, 11) is 0. The lowest BCUT2D eigenvalue weighted by Crippen LogP contribution is -2.05. The number of phenolic OH excluding ortho intramolecular Hbond substituents is 1. The third-order valence-corrected chi connectivity index (χ3v) is 2.18. The first-order valence-corrected chi connectivity index (χ1v) is 5.48. The molecule has 5 heteroatoms. The van der Waals surface area contributed by atoms with Crippen LogP contribution in [0.4, 0.5) is 4.79 Å². The Balaban J connectivity index is 3.12. The van der Waals surface area contributed by atoms with Crippen molar-refractivity contribution in [2.45, 2.75) is 26.7 Å². The van der Waals surface area contributed by atoms with Crippen molar-refractivity contribution in [3.8, 4) is 17.2 Å². The third kappa shape index (κ3) is 3.27. The van der Waals surface area contributed by atoms with Gasteiger partial charge < -0.3 is 19.7 Å². The van der Waals surface area contributed by atoms with Crippen molar-refractivity contribution < 1.29 is 24.5 Å². The first kappa shape index (κ1) is 13.2. The van der Waals surface area contributed by atoms with Gasteiger partial charge in [-0.1, -0.05) is 19.4 Å². The number of rotatable bonds is 5. The minimum Gasteiger partial charge on any atom is -0.502 e. The smallest absolute Gasteiger partial charge is 0.502 e. The maximum atomic E-state index is 10.4. The van der Waals surface area contributed by atoms with E-state index in [-0.39, 0.29) is 11.5 Å². The van der Waals surface area contributed by atoms with Crippen molar-refractivity contribution >= 4 is 6.16 Å². The fraction of sp³-hybridized carbons (Fsp3) is 0.417. The summed E-state index contributed by atoms with van der Waals surface area (Å²) in [5, 5.41) is 18.4. The van der Waals surface area contributed by atoms with Gasteiger partial charge in [0.15, 0.2) is 11.5 Å². The molecule has 0 radical (unpaired) electrons. The van der Waals surface area contributed by atoms with Gasteiger partial charge in [-0.05, 0) is 25.0 Å². The lowest BCUT2D eigenvalue weighted by molar-refractivity contribution is 0.142. The van der Waals surface area contributed by atoms with Crippen molar-refractivity contribution in [2.24, 2.45) is 0 Å². The van der Waals surface area contributed by atoms with Crippen LogP contribution >= 0.6 is 0 Å². The quantitative estimate of drug-likeness (QED) is 0.611. The average Bonchev–Trinajstić information content (AvgIpc) is 2.27. The van der Waals surface area contributed by atoms with E-state index in [0.29, 0.717) is 12.4 Å². The second-order valence-electron chi connectivity index (χ2n) is 3.45. The topological polar surface area (TPSA) is 76.0 Å². The predicted octanol–water partition coefficient (Wildman–Crippen LogP) is 2.80. The van der Waals surface area contributed by atoms with Gasteiger partial charge in [0.05, 0.1) is 6.61 Å². The Morgan fingerprint density at radius 1 is 1.35 bits per heavy atom. The summed E-state index contributed by atoms with van der Waals surface area (Å²) in [4.78, 5) is 10.4. The van der Waals surface area contributed by atoms with Gasteiger partial charge in [-0.2, -0.15) is 0 Å². The highest BCUT2D eigenvalue weighted by atomic mass is 16.7. The van der Waals surface area contributed by atoms with Crippen LogP contribution in [0.3, 0.4) is 0 Å². The average molecular weight is 240 g/mol. The van der Waals surface area contributed by atoms with Gasteiger partial charge in [0.2, 0.25) is 5.75 Å². The molecule has 0 saturated heterocycles. The van der Waals surface area contributed by atoms with E-state index in [4.69, 9.17) is 9.84 Å². The monoisotopic (exact) mass is 240 g/mol. The van der Waals surface area contributed by atoms with Crippen molar-refractivity contribution in [3.63, 3.8) is 0 Å². The van der Waals surface area contributed by atoms with E-state index in [9.17, 15) is 9.90 Å². The fourth-order valence-corrected chi connectivity index (χ4v) is 1.54. The van der Waals surface area contributed by atoms with Gasteiger partial charge in [-0.25, -0.2) is 4.79 Å². The van der Waals surface area contributed by atoms with Gasteiger partial charge in [0.1, 0.15) is 0 Å². The lowest BCUT2D eigenvalue weighted by Gasteiger charge is -2.13. The number of aryl methyl sites for hydroxylation is 1. The molecule has 0 unspecified atom stereocenters. The van der Waals surface area contributed by atoms with Crippen molar-refractivity contribution in [2.75, 3.05) is 6.61 Å². The molecule has 0 atom stereocenters. The lowest BCUT2D eigenvalue weighted by atomic mass is 10.1.